The van der Waals surface area contributed by atoms with E-state index >= 15 is 0 Å². The number of aromatic nitrogens is 1. The zero-order valence-corrected chi connectivity index (χ0v) is 15.6. The number of rotatable bonds is 2. The molecule has 5 rings (SSSR count). The molecule has 0 aliphatic heterocycles. The van der Waals surface area contributed by atoms with Crippen LogP contribution >= 0.6 is 0 Å². The van der Waals surface area contributed by atoms with E-state index in [9.17, 15) is 20.1 Å². The van der Waals surface area contributed by atoms with Gasteiger partial charge in [0.25, 0.3) is 5.69 Å². The minimum absolute atomic E-state index is 0.0835. The van der Waals surface area contributed by atoms with E-state index in [4.69, 9.17) is 4.42 Å². The van der Waals surface area contributed by atoms with E-state index in [1.54, 1.807) is 35.2 Å². The highest BCUT2D eigenvalue weighted by Gasteiger charge is 2.27. The Morgan fingerprint density at radius 2 is 1.50 bits per heavy atom. The molecular weight excluding hydrogens is 382 g/mol. The maximum atomic E-state index is 13.1. The lowest BCUT2D eigenvalue weighted by Crippen LogP contribution is -2.31. The van der Waals surface area contributed by atoms with E-state index < -0.39 is 11.4 Å². The fourth-order valence-corrected chi connectivity index (χ4v) is 3.69. The first-order valence-electron chi connectivity index (χ1n) is 9.23. The minimum atomic E-state index is -0.887. The minimum Gasteiger partial charge on any atom is -0.871 e. The molecule has 0 saturated carbocycles. The summed E-state index contributed by atoms with van der Waals surface area (Å²) in [6, 6.07) is 18.4. The van der Waals surface area contributed by atoms with Gasteiger partial charge in [-0.05, 0) is 29.7 Å². The maximum Gasteiger partial charge on any atom is 0.343 e. The van der Waals surface area contributed by atoms with Gasteiger partial charge in [-0.25, -0.2) is 4.79 Å². The average Bonchev–Trinajstić information content (AvgIpc) is 2.76. The van der Waals surface area contributed by atoms with E-state index in [0.717, 1.165) is 10.8 Å². The van der Waals surface area contributed by atoms with Crippen molar-refractivity contribution >= 4 is 21.7 Å². The first-order chi connectivity index (χ1) is 14.5. The SMILES string of the molecule is O=c1oc2ccccc2c([O-])c1-c1c(O)ccc(O)c1-[n+]1ccc2ccccc2c1. The number of nitrogens with zero attached hydrogens (tertiary/aromatic N) is 1. The molecular formula is C24H15NO5. The molecule has 0 radical (unpaired) electrons. The number of fused-ring (bicyclic) bond motifs is 2. The summed E-state index contributed by atoms with van der Waals surface area (Å²) in [6.07, 6.45) is 3.44. The van der Waals surface area contributed by atoms with Crippen LogP contribution in [0.1, 0.15) is 0 Å². The van der Waals surface area contributed by atoms with Crippen molar-refractivity contribution in [2.24, 2.45) is 0 Å². The van der Waals surface area contributed by atoms with Gasteiger partial charge in [0.2, 0.25) is 0 Å². The van der Waals surface area contributed by atoms with E-state index in [1.165, 1.54) is 18.2 Å². The Kier molecular flexibility index (Phi) is 3.93. The second-order valence-corrected chi connectivity index (χ2v) is 6.90. The van der Waals surface area contributed by atoms with E-state index in [0.29, 0.717) is 0 Å². The van der Waals surface area contributed by atoms with Crippen LogP contribution in [0.4, 0.5) is 0 Å². The van der Waals surface area contributed by atoms with Crippen LogP contribution in [-0.4, -0.2) is 10.2 Å². The summed E-state index contributed by atoms with van der Waals surface area (Å²) >= 11 is 0. The number of benzene rings is 3. The van der Waals surface area contributed by atoms with Gasteiger partial charge < -0.3 is 19.7 Å². The van der Waals surface area contributed by atoms with Crippen LogP contribution in [0.25, 0.3) is 38.6 Å². The lowest BCUT2D eigenvalue weighted by Gasteiger charge is -2.17. The summed E-state index contributed by atoms with van der Waals surface area (Å²) in [4.78, 5) is 12.7. The van der Waals surface area contributed by atoms with Gasteiger partial charge in [0.1, 0.15) is 16.9 Å². The summed E-state index contributed by atoms with van der Waals surface area (Å²) < 4.78 is 6.90. The molecule has 0 aliphatic rings. The molecule has 2 heterocycles. The highest BCUT2D eigenvalue weighted by atomic mass is 16.4. The predicted molar refractivity (Wildman–Crippen MR) is 110 cm³/mol. The Morgan fingerprint density at radius 1 is 0.800 bits per heavy atom. The fraction of sp³-hybridized carbons (Fsp3) is 0. The van der Waals surface area contributed by atoms with Crippen LogP contribution < -0.4 is 15.3 Å². The normalized spacial score (nSPS) is 11.2. The first-order valence-corrected chi connectivity index (χ1v) is 9.23. The number of hydrogen-bond donors (Lipinski definition) is 2. The Hall–Kier alpha value is -4.32. The molecule has 0 bridgehead atoms. The van der Waals surface area contributed by atoms with Crippen molar-refractivity contribution < 1.29 is 24.3 Å². The lowest BCUT2D eigenvalue weighted by atomic mass is 10.00. The summed E-state index contributed by atoms with van der Waals surface area (Å²) in [6.45, 7) is 0. The van der Waals surface area contributed by atoms with Gasteiger partial charge in [0.15, 0.2) is 18.1 Å². The van der Waals surface area contributed by atoms with Gasteiger partial charge in [-0.1, -0.05) is 42.1 Å². The number of para-hydroxylation sites is 1. The van der Waals surface area contributed by atoms with E-state index in [1.807, 2.05) is 30.3 Å². The summed E-state index contributed by atoms with van der Waals surface area (Å²) in [7, 11) is 0. The van der Waals surface area contributed by atoms with Crippen molar-refractivity contribution in [3.05, 3.63) is 89.5 Å². The summed E-state index contributed by atoms with van der Waals surface area (Å²) in [5.41, 5.74) is -1.03. The monoisotopic (exact) mass is 397 g/mol. The van der Waals surface area contributed by atoms with Gasteiger partial charge in [0, 0.05) is 16.8 Å². The highest BCUT2D eigenvalue weighted by molar-refractivity contribution is 5.93. The topological polar surface area (TPSA) is 97.6 Å². The molecule has 0 fully saturated rings. The van der Waals surface area contributed by atoms with Crippen molar-refractivity contribution in [3.63, 3.8) is 0 Å². The summed E-state index contributed by atoms with van der Waals surface area (Å²) in [5.74, 6) is -1.09. The second kappa shape index (κ2) is 6.63. The number of pyridine rings is 1. The van der Waals surface area contributed by atoms with Crippen LogP contribution in [0.2, 0.25) is 0 Å². The molecule has 0 spiro atoms. The molecule has 0 atom stereocenters. The average molecular weight is 397 g/mol. The third kappa shape index (κ3) is 2.66. The number of hydrogen-bond acceptors (Lipinski definition) is 5. The molecule has 0 aliphatic carbocycles. The maximum absolute atomic E-state index is 13.1. The summed E-state index contributed by atoms with van der Waals surface area (Å²) in [5, 5.41) is 36.5. The van der Waals surface area contributed by atoms with Crippen molar-refractivity contribution in [1.82, 2.24) is 0 Å². The number of aromatic hydroxyl groups is 2. The Balaban J connectivity index is 1.88. The highest BCUT2D eigenvalue weighted by Crippen LogP contribution is 2.41. The Bertz CT molecular complexity index is 1500. The van der Waals surface area contributed by atoms with Crippen LogP contribution in [0.5, 0.6) is 17.2 Å². The molecule has 6 nitrogen and oxygen atoms in total. The molecule has 2 N–H and O–H groups in total. The van der Waals surface area contributed by atoms with Gasteiger partial charge in [0.05, 0.1) is 5.56 Å². The molecule has 0 unspecified atom stereocenters. The van der Waals surface area contributed by atoms with E-state index in [-0.39, 0.29) is 39.3 Å². The molecule has 5 aromatic rings. The molecule has 2 aromatic heterocycles. The molecule has 146 valence electrons. The number of phenolic OH excluding ortho intramolecular Hbond substituents is 2. The van der Waals surface area contributed by atoms with Crippen LogP contribution in [0, 0.1) is 0 Å². The zero-order valence-electron chi connectivity index (χ0n) is 15.6. The molecule has 0 saturated heterocycles. The largest absolute Gasteiger partial charge is 0.871 e. The van der Waals surface area contributed by atoms with Crippen molar-refractivity contribution in [1.29, 1.82) is 0 Å². The molecule has 30 heavy (non-hydrogen) atoms. The van der Waals surface area contributed by atoms with Crippen LogP contribution in [0.3, 0.4) is 0 Å². The second-order valence-electron chi connectivity index (χ2n) is 6.90. The Labute approximate surface area is 170 Å². The van der Waals surface area contributed by atoms with Gasteiger partial charge in [-0.15, -0.1) is 0 Å². The van der Waals surface area contributed by atoms with Gasteiger partial charge in [-0.2, -0.15) is 4.57 Å². The van der Waals surface area contributed by atoms with Crippen molar-refractivity contribution in [3.8, 4) is 34.1 Å². The third-order valence-electron chi connectivity index (χ3n) is 5.10. The predicted octanol–water partition coefficient (Wildman–Crippen LogP) is 3.37. The zero-order chi connectivity index (χ0) is 20.8. The van der Waals surface area contributed by atoms with E-state index in [2.05, 4.69) is 0 Å². The van der Waals surface area contributed by atoms with Gasteiger partial charge >= 0.3 is 5.63 Å². The lowest BCUT2D eigenvalue weighted by molar-refractivity contribution is -0.594. The van der Waals surface area contributed by atoms with Gasteiger partial charge in [-0.3, -0.25) is 0 Å². The standard InChI is InChI=1S/C24H15NO5/c26-17-9-10-18(27)22(25-12-11-14-5-1-2-6-15(14)13-25)20(17)21-23(28)16-7-3-4-8-19(16)30-24(21)29/h1-13H,(H2-,26,27,28,29). The number of phenols is 2. The molecule has 0 amide bonds. The third-order valence-corrected chi connectivity index (χ3v) is 5.10. The molecule has 3 aromatic carbocycles. The fourth-order valence-electron chi connectivity index (χ4n) is 3.69. The Morgan fingerprint density at radius 3 is 2.33 bits per heavy atom. The first kappa shape index (κ1) is 17.8. The van der Waals surface area contributed by atoms with Crippen LogP contribution in [0.15, 0.2) is 88.3 Å². The quantitative estimate of drug-likeness (QED) is 0.270. The van der Waals surface area contributed by atoms with Crippen LogP contribution in [-0.2, 0) is 0 Å². The molecule has 6 heteroatoms. The van der Waals surface area contributed by atoms with Crippen molar-refractivity contribution in [2.75, 3.05) is 0 Å². The smallest absolute Gasteiger partial charge is 0.343 e. The van der Waals surface area contributed by atoms with Crippen molar-refractivity contribution in [2.45, 2.75) is 0 Å².